The molecule has 6 nitrogen and oxygen atoms in total. The predicted molar refractivity (Wildman–Crippen MR) is 73.3 cm³/mol. The van der Waals surface area contributed by atoms with Crippen LogP contribution in [0.25, 0.3) is 5.82 Å². The van der Waals surface area contributed by atoms with Crippen LogP contribution >= 0.6 is 11.3 Å². The Morgan fingerprint density at radius 3 is 3.05 bits per heavy atom. The van der Waals surface area contributed by atoms with Crippen LogP contribution in [0.1, 0.15) is 9.88 Å². The molecule has 0 unspecified atom stereocenters. The molecule has 0 saturated carbocycles. The van der Waals surface area contributed by atoms with Gasteiger partial charge in [0.25, 0.3) is 0 Å². The van der Waals surface area contributed by atoms with Gasteiger partial charge in [0.15, 0.2) is 5.82 Å². The second-order valence-electron chi connectivity index (χ2n) is 3.91. The Bertz CT molecular complexity index is 660. The molecule has 0 aliphatic heterocycles. The molecule has 0 fully saturated rings. The van der Waals surface area contributed by atoms with Crippen molar-refractivity contribution in [2.75, 3.05) is 5.32 Å². The summed E-state index contributed by atoms with van der Waals surface area (Å²) in [5.41, 5.74) is 0.916. The first-order valence-electron chi connectivity index (χ1n) is 5.78. The van der Waals surface area contributed by atoms with Gasteiger partial charge >= 0.3 is 0 Å². The lowest BCUT2D eigenvalue weighted by Gasteiger charge is -2.09. The van der Waals surface area contributed by atoms with Crippen LogP contribution in [0.3, 0.4) is 0 Å². The Kier molecular flexibility index (Phi) is 3.20. The van der Waals surface area contributed by atoms with Crippen molar-refractivity contribution in [1.29, 1.82) is 0 Å². The van der Waals surface area contributed by atoms with Crippen molar-refractivity contribution in [2.45, 2.75) is 13.5 Å². The molecule has 96 valence electrons. The van der Waals surface area contributed by atoms with E-state index in [2.05, 4.69) is 25.4 Å². The first kappa shape index (κ1) is 11.8. The fourth-order valence-corrected chi connectivity index (χ4v) is 2.44. The van der Waals surface area contributed by atoms with Gasteiger partial charge in [-0.15, -0.1) is 11.3 Å². The largest absolute Gasteiger partial charge is 0.377 e. The highest BCUT2D eigenvalue weighted by Crippen LogP contribution is 2.18. The smallest absolute Gasteiger partial charge is 0.178 e. The van der Waals surface area contributed by atoms with Gasteiger partial charge in [-0.2, -0.15) is 5.10 Å². The molecule has 3 rings (SSSR count). The molecule has 3 aromatic rings. The number of pyridine rings is 1. The van der Waals surface area contributed by atoms with Crippen LogP contribution in [0.2, 0.25) is 0 Å². The molecule has 0 aliphatic rings. The average molecular weight is 272 g/mol. The Hall–Kier alpha value is -2.28. The molecule has 0 spiro atoms. The van der Waals surface area contributed by atoms with Gasteiger partial charge in [-0.25, -0.2) is 19.6 Å². The molecule has 1 N–H and O–H groups in total. The maximum atomic E-state index is 4.32. The quantitative estimate of drug-likeness (QED) is 0.787. The van der Waals surface area contributed by atoms with E-state index in [-0.39, 0.29) is 0 Å². The number of hydrogen-bond donors (Lipinski definition) is 1. The molecule has 0 atom stereocenters. The van der Waals surface area contributed by atoms with Crippen LogP contribution in [0.5, 0.6) is 0 Å². The average Bonchev–Trinajstić information content (AvgIpc) is 3.08. The summed E-state index contributed by atoms with van der Waals surface area (Å²) >= 11 is 1.68. The van der Waals surface area contributed by atoms with Crippen LogP contribution in [-0.2, 0) is 6.54 Å². The third-order valence-electron chi connectivity index (χ3n) is 2.54. The maximum Gasteiger partial charge on any atom is 0.178 e. The fourth-order valence-electron chi connectivity index (χ4n) is 1.70. The third-order valence-corrected chi connectivity index (χ3v) is 3.46. The minimum atomic E-state index is 0.721. The first-order valence-corrected chi connectivity index (χ1v) is 6.60. The van der Waals surface area contributed by atoms with Gasteiger partial charge in [-0.05, 0) is 19.1 Å². The molecule has 0 radical (unpaired) electrons. The van der Waals surface area contributed by atoms with E-state index < -0.39 is 0 Å². The van der Waals surface area contributed by atoms with Gasteiger partial charge in [0, 0.05) is 17.3 Å². The molecule has 0 aromatic carbocycles. The molecule has 0 bridgehead atoms. The van der Waals surface area contributed by atoms with Crippen LogP contribution in [0.15, 0.2) is 37.2 Å². The molecule has 19 heavy (non-hydrogen) atoms. The zero-order valence-electron chi connectivity index (χ0n) is 10.3. The summed E-state index contributed by atoms with van der Waals surface area (Å²) in [7, 11) is 0. The van der Waals surface area contributed by atoms with Gasteiger partial charge < -0.3 is 5.32 Å². The third kappa shape index (κ3) is 2.60. The van der Waals surface area contributed by atoms with Crippen LogP contribution in [-0.4, -0.2) is 24.7 Å². The number of hydrogen-bond acceptors (Lipinski definition) is 6. The lowest BCUT2D eigenvalue weighted by Crippen LogP contribution is -2.05. The molecule has 0 amide bonds. The molecule has 0 aliphatic carbocycles. The molecule has 3 heterocycles. The number of anilines is 1. The van der Waals surface area contributed by atoms with Gasteiger partial charge in [-0.1, -0.05) is 0 Å². The number of rotatable bonds is 4. The van der Waals surface area contributed by atoms with Crippen molar-refractivity contribution in [2.24, 2.45) is 0 Å². The zero-order valence-corrected chi connectivity index (χ0v) is 11.1. The molecule has 7 heteroatoms. The van der Waals surface area contributed by atoms with E-state index in [0.29, 0.717) is 0 Å². The van der Waals surface area contributed by atoms with Gasteiger partial charge in [0.05, 0.1) is 17.2 Å². The number of aromatic nitrogens is 5. The number of thiazole rings is 1. The monoisotopic (exact) mass is 272 g/mol. The van der Waals surface area contributed by atoms with E-state index in [0.717, 1.165) is 23.1 Å². The minimum absolute atomic E-state index is 0.721. The van der Waals surface area contributed by atoms with Crippen molar-refractivity contribution in [3.8, 4) is 5.82 Å². The summed E-state index contributed by atoms with van der Waals surface area (Å²) in [6.07, 6.45) is 6.74. The summed E-state index contributed by atoms with van der Waals surface area (Å²) in [4.78, 5) is 13.7. The standard InChI is InChI=1S/C12H12N6S/c1-9-15-5-10(19-9)6-16-11-3-2-4-14-12(11)18-8-13-7-17-18/h2-5,7-8,16H,6H2,1H3. The lowest BCUT2D eigenvalue weighted by atomic mass is 10.3. The number of aryl methyl sites for hydroxylation is 1. The second kappa shape index (κ2) is 5.15. The van der Waals surface area contributed by atoms with E-state index in [1.807, 2.05) is 25.3 Å². The van der Waals surface area contributed by atoms with E-state index in [4.69, 9.17) is 0 Å². The summed E-state index contributed by atoms with van der Waals surface area (Å²) in [6, 6.07) is 3.86. The second-order valence-corrected chi connectivity index (χ2v) is 5.23. The first-order chi connectivity index (χ1) is 9.33. The van der Waals surface area contributed by atoms with Crippen LogP contribution in [0.4, 0.5) is 5.69 Å². The Morgan fingerprint density at radius 1 is 1.37 bits per heavy atom. The number of nitrogens with one attached hydrogen (secondary N) is 1. The zero-order chi connectivity index (χ0) is 13.1. The highest BCUT2D eigenvalue weighted by Gasteiger charge is 2.06. The molecule has 3 aromatic heterocycles. The van der Waals surface area contributed by atoms with Gasteiger partial charge in [0.2, 0.25) is 0 Å². The highest BCUT2D eigenvalue weighted by molar-refractivity contribution is 7.11. The molecule has 0 saturated heterocycles. The molecular formula is C12H12N6S. The minimum Gasteiger partial charge on any atom is -0.377 e. The normalized spacial score (nSPS) is 10.6. The Balaban J connectivity index is 1.81. The van der Waals surface area contributed by atoms with E-state index in [1.54, 1.807) is 28.5 Å². The summed E-state index contributed by atoms with van der Waals surface area (Å²) in [5.74, 6) is 0.737. The van der Waals surface area contributed by atoms with Crippen molar-refractivity contribution in [3.63, 3.8) is 0 Å². The van der Waals surface area contributed by atoms with Crippen molar-refractivity contribution >= 4 is 17.0 Å². The topological polar surface area (TPSA) is 68.5 Å². The van der Waals surface area contributed by atoms with Crippen molar-refractivity contribution < 1.29 is 0 Å². The summed E-state index contributed by atoms with van der Waals surface area (Å²) < 4.78 is 1.64. The summed E-state index contributed by atoms with van der Waals surface area (Å²) in [6.45, 7) is 2.72. The molecular weight excluding hydrogens is 260 g/mol. The summed E-state index contributed by atoms with van der Waals surface area (Å²) in [5, 5.41) is 8.52. The van der Waals surface area contributed by atoms with Crippen LogP contribution in [0, 0.1) is 6.92 Å². The van der Waals surface area contributed by atoms with Crippen molar-refractivity contribution in [3.05, 3.63) is 47.1 Å². The van der Waals surface area contributed by atoms with E-state index >= 15 is 0 Å². The lowest BCUT2D eigenvalue weighted by molar-refractivity contribution is 0.845. The maximum absolute atomic E-state index is 4.32. The Morgan fingerprint density at radius 2 is 2.32 bits per heavy atom. The van der Waals surface area contributed by atoms with Crippen molar-refractivity contribution in [1.82, 2.24) is 24.7 Å². The van der Waals surface area contributed by atoms with E-state index in [9.17, 15) is 0 Å². The Labute approximate surface area is 114 Å². The predicted octanol–water partition coefficient (Wildman–Crippen LogP) is 2.04. The van der Waals surface area contributed by atoms with E-state index in [1.165, 1.54) is 11.2 Å². The van der Waals surface area contributed by atoms with Crippen LogP contribution < -0.4 is 5.32 Å². The highest BCUT2D eigenvalue weighted by atomic mass is 32.1. The SMILES string of the molecule is Cc1ncc(CNc2cccnc2-n2cncn2)s1. The number of nitrogens with zero attached hydrogens (tertiary/aromatic N) is 5. The van der Waals surface area contributed by atoms with Gasteiger partial charge in [0.1, 0.15) is 12.7 Å². The van der Waals surface area contributed by atoms with Gasteiger partial charge in [-0.3, -0.25) is 0 Å². The fraction of sp³-hybridized carbons (Fsp3) is 0.167.